The summed E-state index contributed by atoms with van der Waals surface area (Å²) in [6, 6.07) is 13.9. The summed E-state index contributed by atoms with van der Waals surface area (Å²) in [6.07, 6.45) is 2.57. The van der Waals surface area contributed by atoms with Crippen LogP contribution in [-0.4, -0.2) is 47.9 Å². The molecular weight excluding hydrogens is 404 g/mol. The van der Waals surface area contributed by atoms with Crippen LogP contribution in [-0.2, 0) is 14.9 Å². The number of hydrogen-bond acceptors (Lipinski definition) is 5. The van der Waals surface area contributed by atoms with Crippen LogP contribution in [0.15, 0.2) is 55.0 Å². The Hall–Kier alpha value is -2.91. The third kappa shape index (κ3) is 4.03. The predicted molar refractivity (Wildman–Crippen MR) is 113 cm³/mol. The highest BCUT2D eigenvalue weighted by atomic mass is 32.2. The second-order valence-corrected chi connectivity index (χ2v) is 9.71. The molecule has 3 aromatic rings. The number of ether oxygens (including phenoxy) is 1. The fraction of sp³-hybridized carbons (Fsp3) is 0.333. The van der Waals surface area contributed by atoms with Gasteiger partial charge in [-0.25, -0.2) is 13.8 Å². The maximum absolute atomic E-state index is 12.3. The minimum Gasteiger partial charge on any atom is -0.442 e. The number of amides is 1. The first-order valence-corrected chi connectivity index (χ1v) is 11.1. The number of benzene rings is 2. The number of aromatic nitrogens is 2. The molecule has 2 aromatic carbocycles. The molecular formula is C21H24N4O4S. The molecule has 8 nitrogen and oxygen atoms in total. The first kappa shape index (κ1) is 20.4. The molecule has 0 saturated heterocycles. The third-order valence-electron chi connectivity index (χ3n) is 5.31. The van der Waals surface area contributed by atoms with E-state index in [-0.39, 0.29) is 12.0 Å². The quantitative estimate of drug-likeness (QED) is 0.651. The van der Waals surface area contributed by atoms with E-state index in [2.05, 4.69) is 10.3 Å². The fourth-order valence-corrected chi connectivity index (χ4v) is 4.17. The van der Waals surface area contributed by atoms with E-state index in [1.807, 2.05) is 49.4 Å². The van der Waals surface area contributed by atoms with Crippen LogP contribution in [0.2, 0.25) is 0 Å². The Balaban J connectivity index is 1.34. The lowest BCUT2D eigenvalue weighted by Gasteiger charge is -2.15. The van der Waals surface area contributed by atoms with Gasteiger partial charge in [-0.3, -0.25) is 0 Å². The molecule has 0 unspecified atom stereocenters. The summed E-state index contributed by atoms with van der Waals surface area (Å²) in [7, 11) is -0.666. The number of carbonyl (C=O) groups is 1. The lowest BCUT2D eigenvalue weighted by Crippen LogP contribution is -2.28. The number of alkyl carbamates (subject to hydrolysis) is 1. The summed E-state index contributed by atoms with van der Waals surface area (Å²) in [5.74, 6) is -0.0212. The summed E-state index contributed by atoms with van der Waals surface area (Å²) in [5, 5.41) is 5.07. The van der Waals surface area contributed by atoms with Crippen LogP contribution in [0, 0.1) is 0 Å². The van der Waals surface area contributed by atoms with Crippen molar-refractivity contribution < 1.29 is 17.9 Å². The number of hydrogen-bond donors (Lipinski definition) is 1. The molecule has 3 atom stereocenters. The second kappa shape index (κ2) is 7.73. The number of carbonyl (C=O) groups excluding carboxylic acids is 1. The van der Waals surface area contributed by atoms with Gasteiger partial charge in [-0.05, 0) is 35.7 Å². The largest absolute Gasteiger partial charge is 0.442 e. The number of nitrogens with one attached hydrogen (secondary N) is 1. The zero-order chi connectivity index (χ0) is 21.5. The van der Waals surface area contributed by atoms with Crippen molar-refractivity contribution in [2.75, 3.05) is 14.1 Å². The molecule has 158 valence electrons. The molecule has 1 heterocycles. The average molecular weight is 429 g/mol. The van der Waals surface area contributed by atoms with Crippen LogP contribution in [0.1, 0.15) is 36.6 Å². The van der Waals surface area contributed by atoms with E-state index in [1.54, 1.807) is 0 Å². The molecule has 1 aromatic heterocycles. The molecule has 0 bridgehead atoms. The van der Waals surface area contributed by atoms with Crippen LogP contribution >= 0.6 is 0 Å². The van der Waals surface area contributed by atoms with Gasteiger partial charge in [0.05, 0.1) is 5.69 Å². The molecule has 9 heteroatoms. The Morgan fingerprint density at radius 1 is 1.23 bits per heavy atom. The number of nitrogens with zero attached hydrogens (tertiary/aromatic N) is 3. The zero-order valence-corrected chi connectivity index (χ0v) is 17.8. The highest BCUT2D eigenvalue weighted by Gasteiger charge is 2.42. The Bertz CT molecular complexity index is 1190. The fourth-order valence-electron chi connectivity index (χ4n) is 3.38. The van der Waals surface area contributed by atoms with E-state index in [4.69, 9.17) is 4.74 Å². The molecule has 1 N–H and O–H groups in total. The van der Waals surface area contributed by atoms with Gasteiger partial charge in [0.2, 0.25) is 0 Å². The van der Waals surface area contributed by atoms with Gasteiger partial charge < -0.3 is 10.1 Å². The van der Waals surface area contributed by atoms with Crippen LogP contribution in [0.5, 0.6) is 0 Å². The van der Waals surface area contributed by atoms with Gasteiger partial charge in [-0.15, -0.1) is 0 Å². The van der Waals surface area contributed by atoms with E-state index in [1.165, 1.54) is 26.6 Å². The van der Waals surface area contributed by atoms with Gasteiger partial charge in [0.15, 0.2) is 0 Å². The smallest absolute Gasteiger partial charge is 0.407 e. The van der Waals surface area contributed by atoms with E-state index in [9.17, 15) is 13.2 Å². The highest BCUT2D eigenvalue weighted by molar-refractivity contribution is 7.87. The van der Waals surface area contributed by atoms with E-state index >= 15 is 0 Å². The molecule has 30 heavy (non-hydrogen) atoms. The summed E-state index contributed by atoms with van der Waals surface area (Å²) < 4.78 is 32.0. The lowest BCUT2D eigenvalue weighted by atomic mass is 10.0. The van der Waals surface area contributed by atoms with Crippen LogP contribution < -0.4 is 5.32 Å². The van der Waals surface area contributed by atoms with Gasteiger partial charge in [0, 0.05) is 32.3 Å². The van der Waals surface area contributed by atoms with E-state index < -0.39 is 22.4 Å². The lowest BCUT2D eigenvalue weighted by molar-refractivity contribution is 0.106. The molecule has 4 rings (SSSR count). The molecule has 1 aliphatic rings. The molecule has 0 spiro atoms. The van der Waals surface area contributed by atoms with E-state index in [0.717, 1.165) is 24.6 Å². The summed E-state index contributed by atoms with van der Waals surface area (Å²) in [4.78, 5) is 16.5. The number of rotatable bonds is 6. The van der Waals surface area contributed by atoms with Crippen LogP contribution in [0.3, 0.4) is 0 Å². The van der Waals surface area contributed by atoms with Gasteiger partial charge in [0.25, 0.3) is 0 Å². The number of imidazole rings is 1. The van der Waals surface area contributed by atoms with Crippen molar-refractivity contribution in [2.45, 2.75) is 31.4 Å². The Morgan fingerprint density at radius 3 is 2.70 bits per heavy atom. The van der Waals surface area contributed by atoms with E-state index in [0.29, 0.717) is 12.1 Å². The first-order valence-electron chi connectivity index (χ1n) is 9.68. The Morgan fingerprint density at radius 2 is 1.97 bits per heavy atom. The normalized spacial score (nSPS) is 19.6. The molecule has 0 aliphatic heterocycles. The number of fused-ring (bicyclic) bond motifs is 1. The van der Waals surface area contributed by atoms with Crippen molar-refractivity contribution in [3.8, 4) is 0 Å². The van der Waals surface area contributed by atoms with Crippen molar-refractivity contribution in [3.63, 3.8) is 0 Å². The summed E-state index contributed by atoms with van der Waals surface area (Å²) >= 11 is 0. The minimum atomic E-state index is -3.59. The second-order valence-electron chi connectivity index (χ2n) is 7.67. The van der Waals surface area contributed by atoms with Crippen molar-refractivity contribution in [2.24, 2.45) is 0 Å². The Labute approximate surface area is 175 Å². The van der Waals surface area contributed by atoms with Crippen molar-refractivity contribution in [1.29, 1.82) is 0 Å². The third-order valence-corrected chi connectivity index (χ3v) is 6.96. The summed E-state index contributed by atoms with van der Waals surface area (Å²) in [5.41, 5.74) is 1.55. The van der Waals surface area contributed by atoms with Crippen LogP contribution in [0.4, 0.5) is 4.79 Å². The minimum absolute atomic E-state index is 0.0212. The Kier molecular flexibility index (Phi) is 5.25. The van der Waals surface area contributed by atoms with Crippen molar-refractivity contribution in [1.82, 2.24) is 18.6 Å². The average Bonchev–Trinajstić information content (AvgIpc) is 3.28. The first-order chi connectivity index (χ1) is 14.3. The maximum Gasteiger partial charge on any atom is 0.407 e. The SMILES string of the molecule is C[C@@H](OC(=O)N[C@@H]1C[C@H]1c1cn(S(=O)(=O)N(C)C)cn1)c1ccc2ccccc2c1. The molecule has 1 amide bonds. The van der Waals surface area contributed by atoms with Gasteiger partial charge in [0.1, 0.15) is 12.4 Å². The summed E-state index contributed by atoms with van der Waals surface area (Å²) in [6.45, 7) is 1.84. The monoisotopic (exact) mass is 428 g/mol. The highest BCUT2D eigenvalue weighted by Crippen LogP contribution is 2.40. The van der Waals surface area contributed by atoms with Gasteiger partial charge in [-0.2, -0.15) is 12.7 Å². The molecule has 1 aliphatic carbocycles. The zero-order valence-electron chi connectivity index (χ0n) is 17.0. The topological polar surface area (TPSA) is 93.5 Å². The predicted octanol–water partition coefficient (Wildman–Crippen LogP) is 3.03. The molecule has 1 fully saturated rings. The van der Waals surface area contributed by atoms with Crippen LogP contribution in [0.25, 0.3) is 10.8 Å². The maximum atomic E-state index is 12.3. The van der Waals surface area contributed by atoms with Crippen molar-refractivity contribution in [3.05, 3.63) is 66.2 Å². The molecule has 0 radical (unpaired) electrons. The van der Waals surface area contributed by atoms with Gasteiger partial charge in [-0.1, -0.05) is 36.4 Å². The van der Waals surface area contributed by atoms with Gasteiger partial charge >= 0.3 is 16.3 Å². The standard InChI is InChI=1S/C21H24N4O4S/c1-14(16-9-8-15-6-4-5-7-17(15)10-16)29-21(26)23-19-11-18(19)20-12-25(13-22-20)30(27,28)24(2)3/h4-10,12-14,18-19H,11H2,1-3H3,(H,23,26)/t14-,18-,19-/m1/s1. The van der Waals surface area contributed by atoms with Crippen molar-refractivity contribution >= 4 is 27.1 Å². The molecule has 1 saturated carbocycles.